The third kappa shape index (κ3) is 6.34. The van der Waals surface area contributed by atoms with E-state index in [2.05, 4.69) is 28.2 Å². The van der Waals surface area contributed by atoms with E-state index in [1.807, 2.05) is 42.6 Å². The molecule has 1 fully saturated rings. The highest BCUT2D eigenvalue weighted by Gasteiger charge is 2.20. The molecule has 1 aromatic carbocycles. The number of pyridine rings is 1. The smallest absolute Gasteiger partial charge is 0.251 e. The van der Waals surface area contributed by atoms with Crippen LogP contribution in [0.1, 0.15) is 48.7 Å². The Hall–Kier alpha value is -2.40. The lowest BCUT2D eigenvalue weighted by atomic mass is 9.96. The minimum atomic E-state index is -0.00368. The molecular weight excluding hydrogens is 350 g/mol. The van der Waals surface area contributed by atoms with Crippen molar-refractivity contribution < 1.29 is 9.53 Å². The maximum Gasteiger partial charge on any atom is 0.251 e. The molecule has 2 aromatic rings. The second-order valence-corrected chi connectivity index (χ2v) is 7.48. The van der Waals surface area contributed by atoms with Gasteiger partial charge in [-0.2, -0.15) is 0 Å². The SMILES string of the molecule is CCCCOc1ccc(C(=O)NCC2CCN(Cc3ccccn3)CC2)cc1. The Kier molecular flexibility index (Phi) is 7.85. The summed E-state index contributed by atoms with van der Waals surface area (Å²) >= 11 is 0. The Labute approximate surface area is 168 Å². The molecule has 3 rings (SSSR count). The fraction of sp³-hybridized carbons (Fsp3) is 0.478. The van der Waals surface area contributed by atoms with Crippen molar-refractivity contribution in [3.8, 4) is 5.75 Å². The van der Waals surface area contributed by atoms with Gasteiger partial charge in [0.1, 0.15) is 5.75 Å². The van der Waals surface area contributed by atoms with Gasteiger partial charge in [-0.1, -0.05) is 19.4 Å². The second-order valence-electron chi connectivity index (χ2n) is 7.48. The first-order valence-corrected chi connectivity index (χ1v) is 10.4. The van der Waals surface area contributed by atoms with E-state index >= 15 is 0 Å². The molecular formula is C23H31N3O2. The molecule has 1 aliphatic heterocycles. The number of piperidine rings is 1. The van der Waals surface area contributed by atoms with E-state index in [9.17, 15) is 4.79 Å². The van der Waals surface area contributed by atoms with Gasteiger partial charge < -0.3 is 10.1 Å². The number of nitrogens with one attached hydrogen (secondary N) is 1. The molecule has 5 nitrogen and oxygen atoms in total. The van der Waals surface area contributed by atoms with E-state index < -0.39 is 0 Å². The number of benzene rings is 1. The molecule has 1 amide bonds. The first-order valence-electron chi connectivity index (χ1n) is 10.4. The zero-order chi connectivity index (χ0) is 19.6. The molecule has 150 valence electrons. The summed E-state index contributed by atoms with van der Waals surface area (Å²) in [5, 5.41) is 3.09. The van der Waals surface area contributed by atoms with Crippen molar-refractivity contribution in [3.63, 3.8) is 0 Å². The van der Waals surface area contributed by atoms with Gasteiger partial charge in [0.05, 0.1) is 12.3 Å². The van der Waals surface area contributed by atoms with E-state index in [4.69, 9.17) is 4.74 Å². The third-order valence-corrected chi connectivity index (χ3v) is 5.25. The van der Waals surface area contributed by atoms with Crippen LogP contribution in [0.4, 0.5) is 0 Å². The fourth-order valence-corrected chi connectivity index (χ4v) is 3.45. The number of amides is 1. The Morgan fingerprint density at radius 3 is 2.64 bits per heavy atom. The highest BCUT2D eigenvalue weighted by Crippen LogP contribution is 2.18. The lowest BCUT2D eigenvalue weighted by Crippen LogP contribution is -2.38. The number of carbonyl (C=O) groups excluding carboxylic acids is 1. The van der Waals surface area contributed by atoms with Crippen LogP contribution < -0.4 is 10.1 Å². The molecule has 1 aliphatic rings. The number of ether oxygens (including phenoxy) is 1. The Morgan fingerprint density at radius 1 is 1.18 bits per heavy atom. The summed E-state index contributed by atoms with van der Waals surface area (Å²) < 4.78 is 5.65. The van der Waals surface area contributed by atoms with Crippen molar-refractivity contribution in [2.24, 2.45) is 5.92 Å². The van der Waals surface area contributed by atoms with Crippen molar-refractivity contribution in [3.05, 3.63) is 59.9 Å². The van der Waals surface area contributed by atoms with Crippen LogP contribution in [0.5, 0.6) is 5.75 Å². The van der Waals surface area contributed by atoms with Gasteiger partial charge >= 0.3 is 0 Å². The van der Waals surface area contributed by atoms with Crippen LogP contribution in [0.3, 0.4) is 0 Å². The molecule has 2 heterocycles. The number of likely N-dealkylation sites (tertiary alicyclic amines) is 1. The molecule has 28 heavy (non-hydrogen) atoms. The largest absolute Gasteiger partial charge is 0.494 e. The molecule has 1 N–H and O–H groups in total. The van der Waals surface area contributed by atoms with E-state index in [1.54, 1.807) is 0 Å². The minimum absolute atomic E-state index is 0.00368. The van der Waals surface area contributed by atoms with Gasteiger partial charge in [-0.3, -0.25) is 14.7 Å². The summed E-state index contributed by atoms with van der Waals surface area (Å²) in [6.45, 7) is 6.63. The zero-order valence-electron chi connectivity index (χ0n) is 16.8. The summed E-state index contributed by atoms with van der Waals surface area (Å²) in [7, 11) is 0. The molecule has 0 radical (unpaired) electrons. The van der Waals surface area contributed by atoms with Crippen LogP contribution in [0.25, 0.3) is 0 Å². The number of aromatic nitrogens is 1. The molecule has 1 aromatic heterocycles. The van der Waals surface area contributed by atoms with Crippen LogP contribution in [0.15, 0.2) is 48.7 Å². The summed E-state index contributed by atoms with van der Waals surface area (Å²) in [6, 6.07) is 13.5. The molecule has 0 aliphatic carbocycles. The van der Waals surface area contributed by atoms with Crippen molar-refractivity contribution in [2.45, 2.75) is 39.2 Å². The molecule has 0 saturated carbocycles. The van der Waals surface area contributed by atoms with Crippen molar-refractivity contribution in [1.82, 2.24) is 15.2 Å². The van der Waals surface area contributed by atoms with Crippen LogP contribution in [0, 0.1) is 5.92 Å². The molecule has 0 unspecified atom stereocenters. The lowest BCUT2D eigenvalue weighted by Gasteiger charge is -2.31. The Morgan fingerprint density at radius 2 is 1.96 bits per heavy atom. The highest BCUT2D eigenvalue weighted by molar-refractivity contribution is 5.94. The predicted molar refractivity (Wildman–Crippen MR) is 111 cm³/mol. The predicted octanol–water partition coefficient (Wildman–Crippen LogP) is 3.90. The Balaban J connectivity index is 1.37. The summed E-state index contributed by atoms with van der Waals surface area (Å²) in [4.78, 5) is 19.2. The van der Waals surface area contributed by atoms with Gasteiger partial charge in [-0.05, 0) is 74.7 Å². The monoisotopic (exact) mass is 381 g/mol. The minimum Gasteiger partial charge on any atom is -0.494 e. The van der Waals surface area contributed by atoms with Gasteiger partial charge in [0.15, 0.2) is 0 Å². The average Bonchev–Trinajstić information content (AvgIpc) is 2.74. The van der Waals surface area contributed by atoms with Crippen LogP contribution in [-0.4, -0.2) is 42.0 Å². The molecule has 0 atom stereocenters. The van der Waals surface area contributed by atoms with Gasteiger partial charge in [0, 0.05) is 24.8 Å². The number of hydrogen-bond donors (Lipinski definition) is 1. The molecule has 1 saturated heterocycles. The van der Waals surface area contributed by atoms with Gasteiger partial charge in [-0.25, -0.2) is 0 Å². The first kappa shape index (κ1) is 20.3. The quantitative estimate of drug-likeness (QED) is 0.669. The van der Waals surface area contributed by atoms with E-state index in [0.29, 0.717) is 11.5 Å². The van der Waals surface area contributed by atoms with E-state index in [0.717, 1.165) is 69.9 Å². The van der Waals surface area contributed by atoms with Gasteiger partial charge in [0.2, 0.25) is 0 Å². The number of hydrogen-bond acceptors (Lipinski definition) is 4. The average molecular weight is 382 g/mol. The second kappa shape index (κ2) is 10.8. The topological polar surface area (TPSA) is 54.5 Å². The number of nitrogens with zero attached hydrogens (tertiary/aromatic N) is 2. The number of carbonyl (C=O) groups is 1. The summed E-state index contributed by atoms with van der Waals surface area (Å²) in [5.41, 5.74) is 1.81. The van der Waals surface area contributed by atoms with Crippen molar-refractivity contribution in [2.75, 3.05) is 26.2 Å². The highest BCUT2D eigenvalue weighted by atomic mass is 16.5. The number of rotatable bonds is 9. The maximum atomic E-state index is 12.4. The van der Waals surface area contributed by atoms with E-state index in [1.165, 1.54) is 0 Å². The van der Waals surface area contributed by atoms with Crippen LogP contribution in [0.2, 0.25) is 0 Å². The standard InChI is InChI=1S/C23H31N3O2/c1-2-3-16-28-22-9-7-20(8-10-22)23(27)25-17-19-11-14-26(15-12-19)18-21-6-4-5-13-24-21/h4-10,13,19H,2-3,11-12,14-18H2,1H3,(H,25,27). The first-order chi connectivity index (χ1) is 13.7. The fourth-order valence-electron chi connectivity index (χ4n) is 3.45. The van der Waals surface area contributed by atoms with Crippen LogP contribution in [-0.2, 0) is 6.54 Å². The lowest BCUT2D eigenvalue weighted by molar-refractivity contribution is 0.0935. The zero-order valence-corrected chi connectivity index (χ0v) is 16.8. The molecule has 0 bridgehead atoms. The summed E-state index contributed by atoms with van der Waals surface area (Å²) in [5.74, 6) is 1.36. The van der Waals surface area contributed by atoms with Crippen molar-refractivity contribution in [1.29, 1.82) is 0 Å². The Bertz CT molecular complexity index is 710. The normalized spacial score (nSPS) is 15.3. The summed E-state index contributed by atoms with van der Waals surface area (Å²) in [6.07, 6.45) is 6.22. The number of unbranched alkanes of at least 4 members (excludes halogenated alkanes) is 1. The molecule has 0 spiro atoms. The third-order valence-electron chi connectivity index (χ3n) is 5.25. The van der Waals surface area contributed by atoms with Crippen LogP contribution >= 0.6 is 0 Å². The van der Waals surface area contributed by atoms with Gasteiger partial charge in [0.25, 0.3) is 5.91 Å². The van der Waals surface area contributed by atoms with E-state index in [-0.39, 0.29) is 5.91 Å². The maximum absolute atomic E-state index is 12.4. The molecule has 5 heteroatoms. The van der Waals surface area contributed by atoms with Gasteiger partial charge in [-0.15, -0.1) is 0 Å². The van der Waals surface area contributed by atoms with Crippen molar-refractivity contribution >= 4 is 5.91 Å².